The predicted octanol–water partition coefficient (Wildman–Crippen LogP) is 3.15. The number of rotatable bonds is 3. The highest BCUT2D eigenvalue weighted by Gasteiger charge is 2.22. The molecule has 0 spiro atoms. The Morgan fingerprint density at radius 1 is 1.43 bits per heavy atom. The third-order valence-electron chi connectivity index (χ3n) is 3.89. The molecule has 0 atom stereocenters. The van der Waals surface area contributed by atoms with Crippen molar-refractivity contribution in [1.82, 2.24) is 4.90 Å². The molecule has 4 nitrogen and oxygen atoms in total. The molecule has 1 heterocycles. The van der Waals surface area contributed by atoms with E-state index >= 15 is 0 Å². The molecule has 0 aromatic heterocycles. The van der Waals surface area contributed by atoms with Crippen LogP contribution in [-0.2, 0) is 0 Å². The lowest BCUT2D eigenvalue weighted by Crippen LogP contribution is -2.41. The molecule has 1 saturated heterocycles. The van der Waals surface area contributed by atoms with E-state index in [9.17, 15) is 9.18 Å². The Hall–Kier alpha value is -1.33. The Morgan fingerprint density at radius 3 is 2.67 bits per heavy atom. The van der Waals surface area contributed by atoms with Crippen molar-refractivity contribution in [3.63, 3.8) is 0 Å². The number of nitrogens with one attached hydrogen (secondary N) is 1. The minimum absolute atomic E-state index is 0. The van der Waals surface area contributed by atoms with Gasteiger partial charge in [0.15, 0.2) is 0 Å². The van der Waals surface area contributed by atoms with E-state index in [-0.39, 0.29) is 24.3 Å². The van der Waals surface area contributed by atoms with Gasteiger partial charge in [0.25, 0.3) is 0 Å². The normalized spacial score (nSPS) is 15.5. The van der Waals surface area contributed by atoms with Gasteiger partial charge in [-0.2, -0.15) is 0 Å². The topological polar surface area (TPSA) is 58.4 Å². The van der Waals surface area contributed by atoms with Crippen LogP contribution in [0.4, 0.5) is 14.9 Å². The smallest absolute Gasteiger partial charge is 0.321 e. The molecule has 0 bridgehead atoms. The lowest BCUT2D eigenvalue weighted by Gasteiger charge is -2.31. The van der Waals surface area contributed by atoms with Crippen LogP contribution in [0.3, 0.4) is 0 Å². The number of nitrogens with two attached hydrogens (primary N) is 1. The number of carbonyl (C=O) groups excluding carboxylic acids is 1. The van der Waals surface area contributed by atoms with E-state index in [2.05, 4.69) is 5.32 Å². The Labute approximate surface area is 131 Å². The second-order valence-corrected chi connectivity index (χ2v) is 5.40. The molecule has 0 unspecified atom stereocenters. The van der Waals surface area contributed by atoms with Gasteiger partial charge in [0.1, 0.15) is 5.82 Å². The molecule has 0 aliphatic carbocycles. The standard InChI is InChI=1S/C15H22FN3O.ClH/c1-11-10-13(2-3-14(11)16)18-15(20)19-8-5-12(4-7-17)6-9-19;/h2-3,10,12H,4-9,17H2,1H3,(H,18,20);1H. The molecule has 0 radical (unpaired) electrons. The molecule has 1 fully saturated rings. The second-order valence-electron chi connectivity index (χ2n) is 5.40. The number of anilines is 1. The third kappa shape index (κ3) is 4.86. The number of piperidine rings is 1. The van der Waals surface area contributed by atoms with Crippen LogP contribution in [-0.4, -0.2) is 30.6 Å². The van der Waals surface area contributed by atoms with Crippen molar-refractivity contribution in [2.45, 2.75) is 26.2 Å². The molecule has 1 aromatic rings. The number of nitrogens with zero attached hydrogens (tertiary/aromatic N) is 1. The maximum absolute atomic E-state index is 13.2. The van der Waals surface area contributed by atoms with Gasteiger partial charge in [-0.05, 0) is 62.4 Å². The molecule has 2 rings (SSSR count). The Balaban J connectivity index is 0.00000220. The highest BCUT2D eigenvalue weighted by Crippen LogP contribution is 2.21. The van der Waals surface area contributed by atoms with Gasteiger partial charge < -0.3 is 16.0 Å². The van der Waals surface area contributed by atoms with E-state index in [1.54, 1.807) is 19.1 Å². The summed E-state index contributed by atoms with van der Waals surface area (Å²) < 4.78 is 13.2. The number of hydrogen-bond acceptors (Lipinski definition) is 2. The summed E-state index contributed by atoms with van der Waals surface area (Å²) in [7, 11) is 0. The van der Waals surface area contributed by atoms with Crippen LogP contribution in [0.25, 0.3) is 0 Å². The van der Waals surface area contributed by atoms with E-state index in [0.29, 0.717) is 23.7 Å². The van der Waals surface area contributed by atoms with Gasteiger partial charge in [0, 0.05) is 18.8 Å². The monoisotopic (exact) mass is 315 g/mol. The van der Waals surface area contributed by atoms with Gasteiger partial charge >= 0.3 is 6.03 Å². The van der Waals surface area contributed by atoms with Crippen LogP contribution in [0.5, 0.6) is 0 Å². The van der Waals surface area contributed by atoms with E-state index in [1.165, 1.54) is 6.07 Å². The lowest BCUT2D eigenvalue weighted by atomic mass is 9.94. The number of urea groups is 1. The summed E-state index contributed by atoms with van der Waals surface area (Å²) in [6, 6.07) is 4.50. The molecule has 3 N–H and O–H groups in total. The third-order valence-corrected chi connectivity index (χ3v) is 3.89. The van der Waals surface area contributed by atoms with Crippen molar-refractivity contribution in [3.8, 4) is 0 Å². The number of aryl methyl sites for hydroxylation is 1. The molecule has 21 heavy (non-hydrogen) atoms. The van der Waals surface area contributed by atoms with Crippen molar-refractivity contribution in [2.75, 3.05) is 25.0 Å². The first-order chi connectivity index (χ1) is 9.60. The van der Waals surface area contributed by atoms with E-state index < -0.39 is 0 Å². The summed E-state index contributed by atoms with van der Waals surface area (Å²) in [5.74, 6) is 0.378. The van der Waals surface area contributed by atoms with Crippen molar-refractivity contribution < 1.29 is 9.18 Å². The molecule has 6 heteroatoms. The first-order valence-electron chi connectivity index (χ1n) is 7.12. The number of benzene rings is 1. The van der Waals surface area contributed by atoms with Gasteiger partial charge in [-0.1, -0.05) is 0 Å². The molecule has 2 amide bonds. The zero-order valence-corrected chi connectivity index (χ0v) is 13.1. The van der Waals surface area contributed by atoms with Crippen molar-refractivity contribution in [1.29, 1.82) is 0 Å². The van der Waals surface area contributed by atoms with Crippen LogP contribution in [0.2, 0.25) is 0 Å². The molecular formula is C15H23ClFN3O. The Morgan fingerprint density at radius 2 is 2.10 bits per heavy atom. The van der Waals surface area contributed by atoms with Crippen molar-refractivity contribution in [2.24, 2.45) is 11.7 Å². The Kier molecular flexibility index (Phi) is 6.92. The first kappa shape index (κ1) is 17.7. The van der Waals surface area contributed by atoms with Crippen LogP contribution in [0.1, 0.15) is 24.8 Å². The van der Waals surface area contributed by atoms with Gasteiger partial charge in [-0.15, -0.1) is 12.4 Å². The number of hydrogen-bond donors (Lipinski definition) is 2. The Bertz CT molecular complexity index is 476. The van der Waals surface area contributed by atoms with Gasteiger partial charge in [-0.25, -0.2) is 9.18 Å². The summed E-state index contributed by atoms with van der Waals surface area (Å²) in [6.45, 7) is 3.92. The van der Waals surface area contributed by atoms with E-state index in [4.69, 9.17) is 5.73 Å². The molecular weight excluding hydrogens is 293 g/mol. The maximum Gasteiger partial charge on any atom is 0.321 e. The summed E-state index contributed by atoms with van der Waals surface area (Å²) in [5, 5.41) is 2.82. The average Bonchev–Trinajstić information content (AvgIpc) is 2.44. The molecule has 1 aliphatic heterocycles. The summed E-state index contributed by atoms with van der Waals surface area (Å²) >= 11 is 0. The number of carbonyl (C=O) groups is 1. The van der Waals surface area contributed by atoms with Gasteiger partial charge in [-0.3, -0.25) is 0 Å². The summed E-state index contributed by atoms with van der Waals surface area (Å²) in [5.41, 5.74) is 6.73. The molecule has 1 aromatic carbocycles. The van der Waals surface area contributed by atoms with Crippen LogP contribution >= 0.6 is 12.4 Å². The fraction of sp³-hybridized carbons (Fsp3) is 0.533. The highest BCUT2D eigenvalue weighted by molar-refractivity contribution is 5.89. The van der Waals surface area contributed by atoms with Crippen LogP contribution in [0.15, 0.2) is 18.2 Å². The van der Waals surface area contributed by atoms with Crippen molar-refractivity contribution in [3.05, 3.63) is 29.6 Å². The van der Waals surface area contributed by atoms with Gasteiger partial charge in [0.2, 0.25) is 0 Å². The first-order valence-corrected chi connectivity index (χ1v) is 7.12. The van der Waals surface area contributed by atoms with Crippen molar-refractivity contribution >= 4 is 24.1 Å². The zero-order chi connectivity index (χ0) is 14.5. The predicted molar refractivity (Wildman–Crippen MR) is 85.4 cm³/mol. The van der Waals surface area contributed by atoms with E-state index in [1.807, 2.05) is 4.90 Å². The summed E-state index contributed by atoms with van der Waals surface area (Å²) in [4.78, 5) is 13.9. The lowest BCUT2D eigenvalue weighted by molar-refractivity contribution is 0.180. The second kappa shape index (κ2) is 8.20. The fourth-order valence-corrected chi connectivity index (χ4v) is 2.59. The highest BCUT2D eigenvalue weighted by atomic mass is 35.5. The molecule has 118 valence electrons. The minimum Gasteiger partial charge on any atom is -0.330 e. The average molecular weight is 316 g/mol. The molecule has 0 saturated carbocycles. The quantitative estimate of drug-likeness (QED) is 0.900. The van der Waals surface area contributed by atoms with Crippen LogP contribution < -0.4 is 11.1 Å². The number of likely N-dealkylation sites (tertiary alicyclic amines) is 1. The largest absolute Gasteiger partial charge is 0.330 e. The zero-order valence-electron chi connectivity index (χ0n) is 12.3. The fourth-order valence-electron chi connectivity index (χ4n) is 2.59. The van der Waals surface area contributed by atoms with E-state index in [0.717, 1.165) is 32.4 Å². The SMILES string of the molecule is Cc1cc(NC(=O)N2CCC(CCN)CC2)ccc1F.Cl. The summed E-state index contributed by atoms with van der Waals surface area (Å²) in [6.07, 6.45) is 3.05. The minimum atomic E-state index is -0.259. The van der Waals surface area contributed by atoms with Crippen LogP contribution in [0, 0.1) is 18.7 Å². The molecule has 1 aliphatic rings. The number of amides is 2. The maximum atomic E-state index is 13.2. The van der Waals surface area contributed by atoms with Gasteiger partial charge in [0.05, 0.1) is 0 Å². The number of halogens is 2.